The van der Waals surface area contributed by atoms with Gasteiger partial charge in [-0.15, -0.1) is 0 Å². The number of rotatable bonds is 2. The second-order valence-electron chi connectivity index (χ2n) is 4.19. The molecule has 1 aliphatic rings. The first-order valence-corrected chi connectivity index (χ1v) is 5.44. The monoisotopic (exact) mass is 212 g/mol. The lowest BCUT2D eigenvalue weighted by atomic mass is 9.99. The third-order valence-electron chi connectivity index (χ3n) is 3.13. The van der Waals surface area contributed by atoms with Gasteiger partial charge in [-0.2, -0.15) is 0 Å². The van der Waals surface area contributed by atoms with Gasteiger partial charge in [0.05, 0.1) is 12.0 Å². The van der Waals surface area contributed by atoms with Crippen molar-refractivity contribution in [2.45, 2.75) is 12.8 Å². The van der Waals surface area contributed by atoms with E-state index in [0.29, 0.717) is 0 Å². The van der Waals surface area contributed by atoms with Crippen LogP contribution in [0, 0.1) is 5.92 Å². The molecule has 16 heavy (non-hydrogen) atoms. The van der Waals surface area contributed by atoms with E-state index in [1.165, 1.54) is 5.56 Å². The van der Waals surface area contributed by atoms with Crippen molar-refractivity contribution in [2.24, 2.45) is 5.92 Å². The number of hydrogen-bond donors (Lipinski definition) is 1. The van der Waals surface area contributed by atoms with Crippen LogP contribution in [0.15, 0.2) is 36.8 Å². The first kappa shape index (κ1) is 9.33. The third-order valence-corrected chi connectivity index (χ3v) is 3.13. The molecule has 1 aromatic carbocycles. The first-order valence-electron chi connectivity index (χ1n) is 5.44. The van der Waals surface area contributed by atoms with Crippen molar-refractivity contribution < 1.29 is 4.79 Å². The molecule has 3 rings (SSSR count). The number of nitrogens with one attached hydrogen (secondary N) is 1. The van der Waals surface area contributed by atoms with Gasteiger partial charge in [0.2, 0.25) is 0 Å². The van der Waals surface area contributed by atoms with E-state index < -0.39 is 0 Å². The molecule has 0 bridgehead atoms. The van der Waals surface area contributed by atoms with Crippen molar-refractivity contribution in [1.29, 1.82) is 0 Å². The Kier molecular flexibility index (Phi) is 2.10. The summed E-state index contributed by atoms with van der Waals surface area (Å²) in [5, 5.41) is 0. The highest BCUT2D eigenvalue weighted by atomic mass is 16.1. The molecule has 1 atom stereocenters. The van der Waals surface area contributed by atoms with E-state index in [2.05, 4.69) is 9.97 Å². The summed E-state index contributed by atoms with van der Waals surface area (Å²) in [5.41, 5.74) is 3.03. The number of hydrogen-bond acceptors (Lipinski definition) is 2. The average Bonchev–Trinajstić information content (AvgIpc) is 2.90. The molecule has 0 amide bonds. The minimum absolute atomic E-state index is 0.0701. The molecule has 1 heterocycles. The van der Waals surface area contributed by atoms with Crippen LogP contribution in [-0.2, 0) is 12.8 Å². The van der Waals surface area contributed by atoms with E-state index >= 15 is 0 Å². The molecular weight excluding hydrogens is 200 g/mol. The third kappa shape index (κ3) is 1.45. The molecule has 0 spiro atoms. The molecule has 1 unspecified atom stereocenters. The van der Waals surface area contributed by atoms with Gasteiger partial charge in [-0.25, -0.2) is 4.98 Å². The molecule has 2 aromatic rings. The zero-order valence-corrected chi connectivity index (χ0v) is 8.81. The van der Waals surface area contributed by atoms with Crippen LogP contribution in [0.3, 0.4) is 0 Å². The highest BCUT2D eigenvalue weighted by Gasteiger charge is 2.30. The summed E-state index contributed by atoms with van der Waals surface area (Å²) < 4.78 is 0. The Labute approximate surface area is 93.5 Å². The summed E-state index contributed by atoms with van der Waals surface area (Å²) in [7, 11) is 0. The van der Waals surface area contributed by atoms with Gasteiger partial charge in [0.25, 0.3) is 0 Å². The summed E-state index contributed by atoms with van der Waals surface area (Å²) in [6, 6.07) is 7.87. The van der Waals surface area contributed by atoms with Gasteiger partial charge < -0.3 is 4.98 Å². The van der Waals surface area contributed by atoms with Crippen LogP contribution in [-0.4, -0.2) is 15.8 Å². The van der Waals surface area contributed by atoms with Crippen molar-refractivity contribution in [3.63, 3.8) is 0 Å². The number of fused-ring (bicyclic) bond motifs is 1. The number of carbonyl (C=O) groups is 1. The van der Waals surface area contributed by atoms with Crippen molar-refractivity contribution in [1.82, 2.24) is 9.97 Å². The minimum atomic E-state index is 0.0701. The highest BCUT2D eigenvalue weighted by molar-refractivity contribution is 6.02. The largest absolute Gasteiger partial charge is 0.351 e. The predicted octanol–water partition coefficient (Wildman–Crippen LogP) is 2.01. The Hall–Kier alpha value is -1.90. The smallest absolute Gasteiger partial charge is 0.166 e. The molecule has 1 aliphatic carbocycles. The molecule has 1 aromatic heterocycles. The van der Waals surface area contributed by atoms with Gasteiger partial charge in [-0.1, -0.05) is 24.3 Å². The normalized spacial score (nSPS) is 18.8. The number of ketones is 1. The summed E-state index contributed by atoms with van der Waals surface area (Å²) in [6.07, 6.45) is 5.09. The molecule has 0 saturated heterocycles. The fourth-order valence-electron chi connectivity index (χ4n) is 2.34. The topological polar surface area (TPSA) is 45.8 Å². The fraction of sp³-hybridized carbons (Fsp3) is 0.231. The average molecular weight is 212 g/mol. The molecule has 0 saturated carbocycles. The number of aromatic nitrogens is 2. The Bertz CT molecular complexity index is 514. The van der Waals surface area contributed by atoms with Crippen molar-refractivity contribution in [2.75, 3.05) is 0 Å². The molecule has 3 heteroatoms. The van der Waals surface area contributed by atoms with Crippen LogP contribution in [0.1, 0.15) is 21.6 Å². The lowest BCUT2D eigenvalue weighted by molar-refractivity contribution is 0.0935. The zero-order chi connectivity index (χ0) is 11.0. The summed E-state index contributed by atoms with van der Waals surface area (Å²) in [4.78, 5) is 19.2. The number of Topliss-reactive ketones (excluding diaryl/α,β-unsaturated/α-hetero) is 1. The van der Waals surface area contributed by atoms with Crippen LogP contribution < -0.4 is 0 Å². The summed E-state index contributed by atoms with van der Waals surface area (Å²) in [5.74, 6) is 0.333. The van der Waals surface area contributed by atoms with Crippen LogP contribution >= 0.6 is 0 Å². The molecule has 0 fully saturated rings. The van der Waals surface area contributed by atoms with Gasteiger partial charge in [-0.05, 0) is 12.0 Å². The maximum absolute atomic E-state index is 12.1. The van der Waals surface area contributed by atoms with Gasteiger partial charge in [0.15, 0.2) is 5.78 Å². The van der Waals surface area contributed by atoms with Crippen molar-refractivity contribution >= 4 is 5.78 Å². The maximum Gasteiger partial charge on any atom is 0.166 e. The van der Waals surface area contributed by atoms with Crippen LogP contribution in [0.25, 0.3) is 0 Å². The van der Waals surface area contributed by atoms with E-state index in [1.54, 1.807) is 6.33 Å². The Balaban J connectivity index is 1.85. The van der Waals surface area contributed by atoms with E-state index in [-0.39, 0.29) is 11.7 Å². The standard InChI is InChI=1S/C13H12N2O/c16-13-10(6-11-7-14-8-15-11)5-9-3-1-2-4-12(9)13/h1-4,7-8,10H,5-6H2,(H,14,15). The second kappa shape index (κ2) is 3.59. The molecule has 1 N–H and O–H groups in total. The number of aromatic amines is 1. The molecular formula is C13H12N2O. The lowest BCUT2D eigenvalue weighted by Gasteiger charge is -2.04. The number of carbonyl (C=O) groups excluding carboxylic acids is 1. The van der Waals surface area contributed by atoms with Crippen molar-refractivity contribution in [3.05, 3.63) is 53.6 Å². The quantitative estimate of drug-likeness (QED) is 0.827. The van der Waals surface area contributed by atoms with Gasteiger partial charge in [0, 0.05) is 24.1 Å². The van der Waals surface area contributed by atoms with Gasteiger partial charge >= 0.3 is 0 Å². The zero-order valence-electron chi connectivity index (χ0n) is 8.81. The van der Waals surface area contributed by atoms with Crippen LogP contribution in [0.4, 0.5) is 0 Å². The molecule has 3 nitrogen and oxygen atoms in total. The van der Waals surface area contributed by atoms with Crippen LogP contribution in [0.2, 0.25) is 0 Å². The van der Waals surface area contributed by atoms with Gasteiger partial charge in [0.1, 0.15) is 0 Å². The Morgan fingerprint density at radius 2 is 2.25 bits per heavy atom. The summed E-state index contributed by atoms with van der Waals surface area (Å²) in [6.45, 7) is 0. The number of benzene rings is 1. The van der Waals surface area contributed by atoms with Crippen molar-refractivity contribution in [3.8, 4) is 0 Å². The lowest BCUT2D eigenvalue weighted by Crippen LogP contribution is -2.12. The Morgan fingerprint density at radius 1 is 1.38 bits per heavy atom. The predicted molar refractivity (Wildman–Crippen MR) is 60.3 cm³/mol. The number of nitrogens with zero attached hydrogens (tertiary/aromatic N) is 1. The van der Waals surface area contributed by atoms with E-state index in [0.717, 1.165) is 24.1 Å². The molecule has 0 radical (unpaired) electrons. The maximum atomic E-state index is 12.1. The van der Waals surface area contributed by atoms with E-state index in [4.69, 9.17) is 0 Å². The number of H-pyrrole nitrogens is 1. The molecule has 80 valence electrons. The summed E-state index contributed by atoms with van der Waals surface area (Å²) >= 11 is 0. The van der Waals surface area contributed by atoms with E-state index in [1.807, 2.05) is 30.5 Å². The second-order valence-corrected chi connectivity index (χ2v) is 4.19. The number of imidazole rings is 1. The van der Waals surface area contributed by atoms with Crippen LogP contribution in [0.5, 0.6) is 0 Å². The molecule has 0 aliphatic heterocycles. The SMILES string of the molecule is O=C1c2ccccc2CC1Cc1c[nH]cn1. The Morgan fingerprint density at radius 3 is 3.00 bits per heavy atom. The minimum Gasteiger partial charge on any atom is -0.351 e. The first-order chi connectivity index (χ1) is 7.84. The highest BCUT2D eigenvalue weighted by Crippen LogP contribution is 2.28. The van der Waals surface area contributed by atoms with E-state index in [9.17, 15) is 4.79 Å². The van der Waals surface area contributed by atoms with Gasteiger partial charge in [-0.3, -0.25) is 4.79 Å². The fourth-order valence-corrected chi connectivity index (χ4v) is 2.34.